The number of hydrogen-bond donors (Lipinski definition) is 0. The molecule has 1 rings (SSSR count). The maximum atomic E-state index is 10.8. The van der Waals surface area contributed by atoms with Gasteiger partial charge in [0.15, 0.2) is 0 Å². The number of nitrogens with zero attached hydrogens (tertiary/aromatic N) is 2. The summed E-state index contributed by atoms with van der Waals surface area (Å²) in [4.78, 5) is 15.3. The quantitative estimate of drug-likeness (QED) is 0.401. The van der Waals surface area contributed by atoms with E-state index in [4.69, 9.17) is 16.9 Å². The van der Waals surface area contributed by atoms with Crippen LogP contribution in [0.2, 0.25) is 0 Å². The largest absolute Gasteiger partial charge is 0.348 e. The standard InChI is InChI=1S/C9H11ClN2O2/c10-7-3-1-2-4-8(7)12-14-9(13)5-6-11/h7H,1-5H2. The molecule has 0 amide bonds. The highest BCUT2D eigenvalue weighted by Crippen LogP contribution is 2.20. The number of alkyl halides is 1. The van der Waals surface area contributed by atoms with Gasteiger partial charge in [-0.05, 0) is 19.3 Å². The molecule has 0 bridgehead atoms. The lowest BCUT2D eigenvalue weighted by atomic mass is 9.98. The summed E-state index contributed by atoms with van der Waals surface area (Å²) in [5, 5.41) is 11.7. The lowest BCUT2D eigenvalue weighted by molar-refractivity contribution is -0.142. The Morgan fingerprint density at radius 1 is 1.71 bits per heavy atom. The zero-order chi connectivity index (χ0) is 10.4. The Labute approximate surface area is 87.5 Å². The van der Waals surface area contributed by atoms with Crippen molar-refractivity contribution in [2.24, 2.45) is 5.16 Å². The summed E-state index contributed by atoms with van der Waals surface area (Å²) < 4.78 is 0. The molecule has 1 atom stereocenters. The summed E-state index contributed by atoms with van der Waals surface area (Å²) in [6.07, 6.45) is 3.48. The highest BCUT2D eigenvalue weighted by Gasteiger charge is 2.18. The third-order valence-electron chi connectivity index (χ3n) is 1.99. The van der Waals surface area contributed by atoms with Crippen LogP contribution in [0.25, 0.3) is 0 Å². The third-order valence-corrected chi connectivity index (χ3v) is 2.46. The van der Waals surface area contributed by atoms with Gasteiger partial charge in [0, 0.05) is 0 Å². The molecule has 4 nitrogen and oxygen atoms in total. The van der Waals surface area contributed by atoms with Crippen LogP contribution in [0.15, 0.2) is 5.16 Å². The number of nitriles is 1. The number of carbonyl (C=O) groups is 1. The van der Waals surface area contributed by atoms with E-state index < -0.39 is 5.97 Å². The van der Waals surface area contributed by atoms with Gasteiger partial charge in [0.2, 0.25) is 0 Å². The van der Waals surface area contributed by atoms with Crippen LogP contribution in [0.5, 0.6) is 0 Å². The zero-order valence-corrected chi connectivity index (χ0v) is 8.46. The van der Waals surface area contributed by atoms with E-state index in [-0.39, 0.29) is 11.8 Å². The summed E-state index contributed by atoms with van der Waals surface area (Å²) in [5.41, 5.74) is 0.712. The smallest absolute Gasteiger partial charge is 0.317 e. The van der Waals surface area contributed by atoms with E-state index in [9.17, 15) is 4.79 Å². The Hall–Kier alpha value is -1.08. The number of oxime groups is 1. The van der Waals surface area contributed by atoms with Crippen molar-refractivity contribution in [2.75, 3.05) is 0 Å². The van der Waals surface area contributed by atoms with Crippen LogP contribution in [-0.2, 0) is 9.63 Å². The molecule has 0 radical (unpaired) electrons. The molecule has 1 aliphatic carbocycles. The van der Waals surface area contributed by atoms with Crippen LogP contribution >= 0.6 is 11.6 Å². The van der Waals surface area contributed by atoms with Crippen LogP contribution in [0.3, 0.4) is 0 Å². The van der Waals surface area contributed by atoms with Crippen molar-refractivity contribution in [2.45, 2.75) is 37.5 Å². The molecule has 0 aromatic heterocycles. The SMILES string of the molecule is N#CCC(=O)ON=C1CCCCC1Cl. The molecule has 0 heterocycles. The van der Waals surface area contributed by atoms with Gasteiger partial charge in [0.25, 0.3) is 0 Å². The molecule has 0 aliphatic heterocycles. The summed E-state index contributed by atoms with van der Waals surface area (Å²) in [6.45, 7) is 0. The van der Waals surface area contributed by atoms with Crippen molar-refractivity contribution < 1.29 is 9.63 Å². The predicted octanol–water partition coefficient (Wildman–Crippen LogP) is 1.98. The number of rotatable bonds is 2. The Balaban J connectivity index is 2.43. The van der Waals surface area contributed by atoms with Crippen LogP contribution < -0.4 is 0 Å². The number of halogens is 1. The van der Waals surface area contributed by atoms with Gasteiger partial charge in [0.05, 0.1) is 17.2 Å². The fourth-order valence-corrected chi connectivity index (χ4v) is 1.57. The van der Waals surface area contributed by atoms with Crippen molar-refractivity contribution in [1.82, 2.24) is 0 Å². The molecule has 1 saturated carbocycles. The lowest BCUT2D eigenvalue weighted by Gasteiger charge is -2.16. The maximum absolute atomic E-state index is 10.8. The van der Waals surface area contributed by atoms with Crippen molar-refractivity contribution in [1.29, 1.82) is 5.26 Å². The molecule has 1 fully saturated rings. The first-order valence-corrected chi connectivity index (χ1v) is 4.95. The minimum atomic E-state index is -0.630. The monoisotopic (exact) mass is 214 g/mol. The van der Waals surface area contributed by atoms with Gasteiger partial charge in [-0.25, -0.2) is 4.79 Å². The normalized spacial score (nSPS) is 24.3. The fraction of sp³-hybridized carbons (Fsp3) is 0.667. The topological polar surface area (TPSA) is 62.5 Å². The van der Waals surface area contributed by atoms with E-state index >= 15 is 0 Å². The minimum absolute atomic E-state index is 0.126. The fourth-order valence-electron chi connectivity index (χ4n) is 1.26. The lowest BCUT2D eigenvalue weighted by Crippen LogP contribution is -2.20. The Bertz CT molecular complexity index is 283. The summed E-state index contributed by atoms with van der Waals surface area (Å²) in [7, 11) is 0. The molecule has 5 heteroatoms. The minimum Gasteiger partial charge on any atom is -0.317 e. The van der Waals surface area contributed by atoms with Gasteiger partial charge in [-0.3, -0.25) is 0 Å². The van der Waals surface area contributed by atoms with Crippen molar-refractivity contribution in [3.8, 4) is 6.07 Å². The van der Waals surface area contributed by atoms with Crippen LogP contribution in [0.4, 0.5) is 0 Å². The Kier molecular flexibility index (Phi) is 4.41. The van der Waals surface area contributed by atoms with E-state index in [1.807, 2.05) is 0 Å². The molecular formula is C9H11ClN2O2. The van der Waals surface area contributed by atoms with Gasteiger partial charge in [-0.2, -0.15) is 5.26 Å². The van der Waals surface area contributed by atoms with Crippen LogP contribution in [-0.4, -0.2) is 17.1 Å². The summed E-state index contributed by atoms with van der Waals surface area (Å²) >= 11 is 5.96. The van der Waals surface area contributed by atoms with Crippen molar-refractivity contribution in [3.63, 3.8) is 0 Å². The second-order valence-corrected chi connectivity index (χ2v) is 3.62. The molecule has 76 valence electrons. The second-order valence-electron chi connectivity index (χ2n) is 3.09. The summed E-state index contributed by atoms with van der Waals surface area (Å²) in [5.74, 6) is -0.630. The van der Waals surface area contributed by atoms with Gasteiger partial charge in [0.1, 0.15) is 6.42 Å². The molecule has 0 saturated heterocycles. The van der Waals surface area contributed by atoms with Gasteiger partial charge in [-0.1, -0.05) is 11.6 Å². The predicted molar refractivity (Wildman–Crippen MR) is 51.9 cm³/mol. The third kappa shape index (κ3) is 3.35. The Morgan fingerprint density at radius 3 is 3.14 bits per heavy atom. The highest BCUT2D eigenvalue weighted by atomic mass is 35.5. The van der Waals surface area contributed by atoms with Gasteiger partial charge in [-0.15, -0.1) is 11.6 Å². The van der Waals surface area contributed by atoms with Crippen LogP contribution in [0.1, 0.15) is 32.1 Å². The zero-order valence-electron chi connectivity index (χ0n) is 7.70. The number of carbonyl (C=O) groups excluding carboxylic acids is 1. The molecule has 14 heavy (non-hydrogen) atoms. The van der Waals surface area contributed by atoms with Crippen molar-refractivity contribution in [3.05, 3.63) is 0 Å². The van der Waals surface area contributed by atoms with E-state index in [0.717, 1.165) is 25.7 Å². The molecule has 1 aliphatic rings. The summed E-state index contributed by atoms with van der Waals surface area (Å²) in [6, 6.07) is 1.69. The van der Waals surface area contributed by atoms with Gasteiger partial charge < -0.3 is 4.84 Å². The molecule has 0 spiro atoms. The first-order valence-electron chi connectivity index (χ1n) is 4.51. The molecule has 1 unspecified atom stereocenters. The van der Waals surface area contributed by atoms with E-state index in [1.165, 1.54) is 0 Å². The molecular weight excluding hydrogens is 204 g/mol. The van der Waals surface area contributed by atoms with E-state index in [1.54, 1.807) is 6.07 Å². The highest BCUT2D eigenvalue weighted by molar-refractivity contribution is 6.32. The van der Waals surface area contributed by atoms with E-state index in [0.29, 0.717) is 5.71 Å². The van der Waals surface area contributed by atoms with Crippen LogP contribution in [0, 0.1) is 11.3 Å². The molecule has 0 N–H and O–H groups in total. The average Bonchev–Trinajstić information content (AvgIpc) is 2.17. The maximum Gasteiger partial charge on any atom is 0.348 e. The second kappa shape index (κ2) is 5.61. The first kappa shape index (κ1) is 11.0. The average molecular weight is 215 g/mol. The molecule has 0 aromatic carbocycles. The molecule has 0 aromatic rings. The Morgan fingerprint density at radius 2 is 2.50 bits per heavy atom. The van der Waals surface area contributed by atoms with E-state index in [2.05, 4.69) is 9.99 Å². The first-order chi connectivity index (χ1) is 6.74. The number of hydrogen-bond acceptors (Lipinski definition) is 4. The van der Waals surface area contributed by atoms with Gasteiger partial charge >= 0.3 is 5.97 Å². The van der Waals surface area contributed by atoms with Crippen molar-refractivity contribution >= 4 is 23.3 Å².